The lowest BCUT2D eigenvalue weighted by molar-refractivity contribution is -0.118. The summed E-state index contributed by atoms with van der Waals surface area (Å²) in [7, 11) is 0. The number of carbonyl (C=O) groups is 1. The van der Waals surface area contributed by atoms with Gasteiger partial charge in [-0.1, -0.05) is 37.3 Å². The van der Waals surface area contributed by atoms with Gasteiger partial charge in [0.1, 0.15) is 5.75 Å². The molecule has 0 unspecified atom stereocenters. The van der Waals surface area contributed by atoms with Crippen molar-refractivity contribution in [3.8, 4) is 17.0 Å². The maximum Gasteiger partial charge on any atom is 0.262 e. The van der Waals surface area contributed by atoms with Crippen molar-refractivity contribution in [1.29, 1.82) is 0 Å². The van der Waals surface area contributed by atoms with Crippen LogP contribution in [-0.2, 0) is 11.2 Å². The van der Waals surface area contributed by atoms with Crippen molar-refractivity contribution in [2.24, 2.45) is 0 Å². The zero-order valence-corrected chi connectivity index (χ0v) is 15.7. The van der Waals surface area contributed by atoms with Crippen LogP contribution in [0.25, 0.3) is 16.2 Å². The first kappa shape index (κ1) is 17.3. The Kier molecular flexibility index (Phi) is 4.89. The number of aromatic nitrogens is 2. The highest BCUT2D eigenvalue weighted by molar-refractivity contribution is 7.15. The summed E-state index contributed by atoms with van der Waals surface area (Å²) in [6.07, 6.45) is 4.83. The number of nitrogens with one attached hydrogen (secondary N) is 1. The lowest BCUT2D eigenvalue weighted by Gasteiger charge is -2.11. The van der Waals surface area contributed by atoms with Crippen molar-refractivity contribution < 1.29 is 9.53 Å². The summed E-state index contributed by atoms with van der Waals surface area (Å²) >= 11 is 1.59. The summed E-state index contributed by atoms with van der Waals surface area (Å²) < 4.78 is 7.67. The Hall–Kier alpha value is -3.12. The number of ether oxygens (including phenoxy) is 1. The van der Waals surface area contributed by atoms with Crippen LogP contribution in [0.15, 0.2) is 66.3 Å². The maximum atomic E-state index is 12.3. The third-order valence-electron chi connectivity index (χ3n) is 4.25. The van der Waals surface area contributed by atoms with E-state index in [0.717, 1.165) is 39.6 Å². The number of aryl methyl sites for hydroxylation is 1. The summed E-state index contributed by atoms with van der Waals surface area (Å²) in [6.45, 7) is 2.04. The average Bonchev–Trinajstić information content (AvgIpc) is 3.29. The van der Waals surface area contributed by atoms with Gasteiger partial charge in [0.05, 0.1) is 5.69 Å². The Balaban J connectivity index is 1.43. The first-order valence-corrected chi connectivity index (χ1v) is 9.64. The van der Waals surface area contributed by atoms with E-state index >= 15 is 0 Å². The molecular weight excluding hydrogens is 358 g/mol. The molecule has 2 aromatic carbocycles. The van der Waals surface area contributed by atoms with E-state index in [0.29, 0.717) is 0 Å². The third-order valence-corrected chi connectivity index (χ3v) is 5.02. The second-order valence-corrected chi connectivity index (χ2v) is 6.97. The molecule has 2 aromatic heterocycles. The van der Waals surface area contributed by atoms with Crippen molar-refractivity contribution in [1.82, 2.24) is 9.38 Å². The van der Waals surface area contributed by atoms with Crippen LogP contribution in [0.3, 0.4) is 0 Å². The van der Waals surface area contributed by atoms with E-state index in [9.17, 15) is 4.79 Å². The molecule has 4 rings (SSSR count). The lowest BCUT2D eigenvalue weighted by Crippen LogP contribution is -2.20. The van der Waals surface area contributed by atoms with Gasteiger partial charge in [-0.3, -0.25) is 9.20 Å². The van der Waals surface area contributed by atoms with Crippen LogP contribution in [0, 0.1) is 0 Å². The molecule has 0 aliphatic heterocycles. The topological polar surface area (TPSA) is 55.6 Å². The predicted molar refractivity (Wildman–Crippen MR) is 108 cm³/mol. The molecule has 1 amide bonds. The zero-order chi connectivity index (χ0) is 18.6. The highest BCUT2D eigenvalue weighted by atomic mass is 32.1. The fourth-order valence-electron chi connectivity index (χ4n) is 2.90. The number of nitrogens with zero attached hydrogens (tertiary/aromatic N) is 2. The second kappa shape index (κ2) is 7.63. The van der Waals surface area contributed by atoms with Gasteiger partial charge in [-0.15, -0.1) is 11.3 Å². The zero-order valence-electron chi connectivity index (χ0n) is 14.9. The predicted octanol–water partition coefficient (Wildman–Crippen LogP) is 4.64. The SMILES string of the molecule is CCc1ccccc1OCC(=O)Nc1cccc(-c2cn3ccsc3n2)c1. The number of para-hydroxylation sites is 1. The fraction of sp³-hybridized carbons (Fsp3) is 0.143. The van der Waals surface area contributed by atoms with Crippen molar-refractivity contribution in [2.45, 2.75) is 13.3 Å². The number of hydrogen-bond donors (Lipinski definition) is 1. The number of amides is 1. The number of hydrogen-bond acceptors (Lipinski definition) is 4. The van der Waals surface area contributed by atoms with Gasteiger partial charge in [-0.05, 0) is 30.2 Å². The molecule has 0 fully saturated rings. The molecule has 1 N–H and O–H groups in total. The molecule has 136 valence electrons. The van der Waals surface area contributed by atoms with Crippen LogP contribution in [0.5, 0.6) is 5.75 Å². The van der Waals surface area contributed by atoms with Gasteiger partial charge in [-0.2, -0.15) is 0 Å². The van der Waals surface area contributed by atoms with E-state index < -0.39 is 0 Å². The minimum atomic E-state index is -0.191. The molecule has 0 bridgehead atoms. The second-order valence-electron chi connectivity index (χ2n) is 6.10. The van der Waals surface area contributed by atoms with E-state index in [1.165, 1.54) is 0 Å². The Morgan fingerprint density at radius 1 is 1.22 bits per heavy atom. The molecule has 0 radical (unpaired) electrons. The maximum absolute atomic E-state index is 12.3. The summed E-state index contributed by atoms with van der Waals surface area (Å²) in [5.41, 5.74) is 3.65. The normalized spacial score (nSPS) is 10.9. The van der Waals surface area contributed by atoms with Crippen LogP contribution in [0.4, 0.5) is 5.69 Å². The molecule has 0 aliphatic carbocycles. The fourth-order valence-corrected chi connectivity index (χ4v) is 3.60. The Bertz CT molecular complexity index is 1060. The van der Waals surface area contributed by atoms with Crippen LogP contribution in [0.2, 0.25) is 0 Å². The molecule has 0 saturated carbocycles. The smallest absolute Gasteiger partial charge is 0.262 e. The van der Waals surface area contributed by atoms with Crippen LogP contribution in [-0.4, -0.2) is 21.9 Å². The minimum Gasteiger partial charge on any atom is -0.483 e. The Morgan fingerprint density at radius 3 is 2.96 bits per heavy atom. The lowest BCUT2D eigenvalue weighted by atomic mass is 10.1. The number of carbonyl (C=O) groups excluding carboxylic acids is 1. The highest BCUT2D eigenvalue weighted by Crippen LogP contribution is 2.24. The van der Waals surface area contributed by atoms with Crippen molar-refractivity contribution in [3.63, 3.8) is 0 Å². The number of rotatable bonds is 6. The Labute approximate surface area is 161 Å². The molecule has 27 heavy (non-hydrogen) atoms. The van der Waals surface area contributed by atoms with Crippen LogP contribution >= 0.6 is 11.3 Å². The van der Waals surface area contributed by atoms with E-state index in [2.05, 4.69) is 17.2 Å². The largest absolute Gasteiger partial charge is 0.483 e. The monoisotopic (exact) mass is 377 g/mol. The molecule has 2 heterocycles. The van der Waals surface area contributed by atoms with Gasteiger partial charge in [0.15, 0.2) is 11.6 Å². The quantitative estimate of drug-likeness (QED) is 0.532. The van der Waals surface area contributed by atoms with E-state index in [4.69, 9.17) is 4.74 Å². The number of benzene rings is 2. The molecule has 4 aromatic rings. The van der Waals surface area contributed by atoms with Gasteiger partial charge in [-0.25, -0.2) is 4.98 Å². The molecule has 0 atom stereocenters. The van der Waals surface area contributed by atoms with E-state index in [1.54, 1.807) is 11.3 Å². The van der Waals surface area contributed by atoms with Gasteiger partial charge in [0, 0.05) is 29.0 Å². The average molecular weight is 377 g/mol. The molecule has 0 saturated heterocycles. The molecule has 6 heteroatoms. The van der Waals surface area contributed by atoms with Gasteiger partial charge >= 0.3 is 0 Å². The van der Waals surface area contributed by atoms with Crippen LogP contribution < -0.4 is 10.1 Å². The number of thiazole rings is 1. The number of imidazole rings is 1. The third kappa shape index (κ3) is 3.85. The number of anilines is 1. The first-order valence-electron chi connectivity index (χ1n) is 8.76. The summed E-state index contributed by atoms with van der Waals surface area (Å²) in [4.78, 5) is 17.8. The molecular formula is C21H19N3O2S. The van der Waals surface area contributed by atoms with Crippen molar-refractivity contribution >= 4 is 27.9 Å². The van der Waals surface area contributed by atoms with E-state index in [-0.39, 0.29) is 12.5 Å². The summed E-state index contributed by atoms with van der Waals surface area (Å²) in [5, 5.41) is 4.89. The first-order chi connectivity index (χ1) is 13.2. The van der Waals surface area contributed by atoms with Crippen LogP contribution in [0.1, 0.15) is 12.5 Å². The Morgan fingerprint density at radius 2 is 2.11 bits per heavy atom. The molecule has 0 spiro atoms. The van der Waals surface area contributed by atoms with Gasteiger partial charge in [0.25, 0.3) is 5.91 Å². The van der Waals surface area contributed by atoms with Gasteiger partial charge in [0.2, 0.25) is 0 Å². The van der Waals surface area contributed by atoms with Gasteiger partial charge < -0.3 is 10.1 Å². The van der Waals surface area contributed by atoms with Crippen molar-refractivity contribution in [2.75, 3.05) is 11.9 Å². The number of fused-ring (bicyclic) bond motifs is 1. The minimum absolute atomic E-state index is 0.0263. The van der Waals surface area contributed by atoms with Crippen molar-refractivity contribution in [3.05, 3.63) is 71.9 Å². The standard InChI is InChI=1S/C21H19N3O2S/c1-2-15-6-3-4-9-19(15)26-14-20(25)22-17-8-5-7-16(12-17)18-13-24-10-11-27-21(24)23-18/h3-13H,2,14H2,1H3,(H,22,25). The molecule has 0 aliphatic rings. The highest BCUT2D eigenvalue weighted by Gasteiger charge is 2.09. The summed E-state index contributed by atoms with van der Waals surface area (Å²) in [6, 6.07) is 15.4. The van der Waals surface area contributed by atoms with E-state index in [1.807, 2.05) is 70.7 Å². The molecule has 5 nitrogen and oxygen atoms in total. The summed E-state index contributed by atoms with van der Waals surface area (Å²) in [5.74, 6) is 0.561.